The average molecular weight is 242 g/mol. The van der Waals surface area contributed by atoms with E-state index in [1.165, 1.54) is 12.8 Å². The van der Waals surface area contributed by atoms with Crippen molar-refractivity contribution in [3.63, 3.8) is 0 Å². The molecule has 0 radical (unpaired) electrons. The summed E-state index contributed by atoms with van der Waals surface area (Å²) in [5.41, 5.74) is 0. The molecular formula is C12H22N2O3. The van der Waals surface area contributed by atoms with E-state index in [4.69, 9.17) is 4.74 Å². The van der Waals surface area contributed by atoms with Gasteiger partial charge in [0.15, 0.2) is 0 Å². The van der Waals surface area contributed by atoms with Crippen molar-refractivity contribution in [2.24, 2.45) is 0 Å². The van der Waals surface area contributed by atoms with E-state index in [1.807, 2.05) is 0 Å². The van der Waals surface area contributed by atoms with Crippen LogP contribution in [0.5, 0.6) is 0 Å². The Bertz CT molecular complexity index is 254. The summed E-state index contributed by atoms with van der Waals surface area (Å²) in [6.45, 7) is 1.66. The molecule has 1 saturated heterocycles. The molecule has 17 heavy (non-hydrogen) atoms. The second-order valence-electron chi connectivity index (χ2n) is 4.92. The van der Waals surface area contributed by atoms with Gasteiger partial charge in [0.05, 0.1) is 24.9 Å². The molecule has 0 bridgehead atoms. The number of hydrogen-bond acceptors (Lipinski definition) is 4. The molecule has 1 aliphatic heterocycles. The molecule has 1 saturated carbocycles. The summed E-state index contributed by atoms with van der Waals surface area (Å²) in [6, 6.07) is -0.239. The molecule has 2 aliphatic rings. The fourth-order valence-electron chi connectivity index (χ4n) is 2.49. The minimum atomic E-state index is -0.388. The summed E-state index contributed by atoms with van der Waals surface area (Å²) in [6.07, 6.45) is 5.37. The normalized spacial score (nSPS) is 29.7. The van der Waals surface area contributed by atoms with Crippen LogP contribution in [-0.2, 0) is 9.53 Å². The number of hydrogen-bond donors (Lipinski definition) is 3. The summed E-state index contributed by atoms with van der Waals surface area (Å²) in [4.78, 5) is 11.6. The highest BCUT2D eigenvalue weighted by Gasteiger charge is 2.27. The Labute approximate surface area is 102 Å². The first-order valence-corrected chi connectivity index (χ1v) is 6.56. The maximum atomic E-state index is 11.6. The number of β-amino-alcohol motifs (C(OH)–C–C–N with tert-alkyl or cyclic N) is 1. The predicted molar refractivity (Wildman–Crippen MR) is 63.6 cm³/mol. The lowest BCUT2D eigenvalue weighted by atomic mass is 10.2. The molecule has 0 aromatic heterocycles. The zero-order valence-electron chi connectivity index (χ0n) is 10.2. The van der Waals surface area contributed by atoms with Gasteiger partial charge >= 0.3 is 0 Å². The van der Waals surface area contributed by atoms with Crippen molar-refractivity contribution >= 4 is 5.91 Å². The van der Waals surface area contributed by atoms with Crippen LogP contribution in [0.4, 0.5) is 0 Å². The van der Waals surface area contributed by atoms with Gasteiger partial charge in [-0.15, -0.1) is 0 Å². The first-order chi connectivity index (χ1) is 8.25. The van der Waals surface area contributed by atoms with Crippen LogP contribution in [0, 0.1) is 0 Å². The van der Waals surface area contributed by atoms with Crippen molar-refractivity contribution in [2.45, 2.75) is 50.4 Å². The zero-order valence-corrected chi connectivity index (χ0v) is 10.2. The van der Waals surface area contributed by atoms with Gasteiger partial charge in [-0.05, 0) is 19.3 Å². The Hall–Kier alpha value is -0.650. The number of aliphatic hydroxyl groups is 1. The van der Waals surface area contributed by atoms with Gasteiger partial charge in [0.25, 0.3) is 0 Å². The molecule has 1 amide bonds. The summed E-state index contributed by atoms with van der Waals surface area (Å²) in [5.74, 6) is -0.0310. The maximum Gasteiger partial charge on any atom is 0.237 e. The maximum absolute atomic E-state index is 11.6. The summed E-state index contributed by atoms with van der Waals surface area (Å²) >= 11 is 0. The van der Waals surface area contributed by atoms with Gasteiger partial charge < -0.3 is 20.5 Å². The van der Waals surface area contributed by atoms with Crippen LogP contribution in [0.25, 0.3) is 0 Å². The molecule has 0 unspecified atom stereocenters. The highest BCUT2D eigenvalue weighted by molar-refractivity contribution is 5.82. The molecule has 1 heterocycles. The molecule has 1 aliphatic carbocycles. The van der Waals surface area contributed by atoms with Crippen molar-refractivity contribution in [2.75, 3.05) is 19.7 Å². The number of nitrogens with one attached hydrogen (secondary N) is 2. The topological polar surface area (TPSA) is 70.6 Å². The van der Waals surface area contributed by atoms with E-state index in [1.54, 1.807) is 0 Å². The van der Waals surface area contributed by atoms with Gasteiger partial charge in [-0.2, -0.15) is 0 Å². The Morgan fingerprint density at radius 1 is 1.41 bits per heavy atom. The van der Waals surface area contributed by atoms with Crippen LogP contribution < -0.4 is 10.6 Å². The third-order valence-electron chi connectivity index (χ3n) is 3.48. The minimum absolute atomic E-state index is 0.0310. The third kappa shape index (κ3) is 3.94. The number of ether oxygens (including phenoxy) is 1. The van der Waals surface area contributed by atoms with Gasteiger partial charge in [-0.25, -0.2) is 0 Å². The molecule has 5 heteroatoms. The van der Waals surface area contributed by atoms with Gasteiger partial charge in [0.1, 0.15) is 0 Å². The van der Waals surface area contributed by atoms with E-state index in [2.05, 4.69) is 10.6 Å². The van der Waals surface area contributed by atoms with Crippen molar-refractivity contribution in [3.05, 3.63) is 0 Å². The van der Waals surface area contributed by atoms with Gasteiger partial charge in [0, 0.05) is 13.1 Å². The highest BCUT2D eigenvalue weighted by Crippen LogP contribution is 2.20. The number of rotatable bonds is 5. The molecule has 5 nitrogen and oxygen atoms in total. The van der Waals surface area contributed by atoms with E-state index in [0.29, 0.717) is 32.2 Å². The molecule has 98 valence electrons. The molecule has 0 aromatic rings. The Morgan fingerprint density at radius 3 is 2.82 bits per heavy atom. The number of aliphatic hydroxyl groups excluding tert-OH is 1. The zero-order chi connectivity index (χ0) is 12.1. The van der Waals surface area contributed by atoms with Gasteiger partial charge in [-0.3, -0.25) is 4.79 Å². The first kappa shape index (κ1) is 12.8. The van der Waals surface area contributed by atoms with Crippen LogP contribution in [0.2, 0.25) is 0 Å². The van der Waals surface area contributed by atoms with E-state index >= 15 is 0 Å². The summed E-state index contributed by atoms with van der Waals surface area (Å²) < 4.78 is 5.65. The lowest BCUT2D eigenvalue weighted by molar-refractivity contribution is -0.123. The molecule has 0 spiro atoms. The molecule has 0 aromatic carbocycles. The SMILES string of the molecule is O=C(NCCOC1CCCC1)[C@H]1C[C@@H](O)CN1. The van der Waals surface area contributed by atoms with Crippen LogP contribution in [-0.4, -0.2) is 49.0 Å². The van der Waals surface area contributed by atoms with Crippen molar-refractivity contribution in [1.82, 2.24) is 10.6 Å². The first-order valence-electron chi connectivity index (χ1n) is 6.56. The Kier molecular flexibility index (Phi) is 4.76. The average Bonchev–Trinajstić information content (AvgIpc) is 2.95. The molecule has 3 N–H and O–H groups in total. The van der Waals surface area contributed by atoms with E-state index in [-0.39, 0.29) is 18.1 Å². The summed E-state index contributed by atoms with van der Waals surface area (Å²) in [5, 5.41) is 15.1. The summed E-state index contributed by atoms with van der Waals surface area (Å²) in [7, 11) is 0. The lowest BCUT2D eigenvalue weighted by Gasteiger charge is -2.13. The van der Waals surface area contributed by atoms with E-state index in [9.17, 15) is 9.90 Å². The second-order valence-corrected chi connectivity index (χ2v) is 4.92. The number of carbonyl (C=O) groups excluding carboxylic acids is 1. The number of carbonyl (C=O) groups is 1. The number of amides is 1. The van der Waals surface area contributed by atoms with Crippen molar-refractivity contribution < 1.29 is 14.6 Å². The van der Waals surface area contributed by atoms with Crippen LogP contribution in [0.1, 0.15) is 32.1 Å². The lowest BCUT2D eigenvalue weighted by Crippen LogP contribution is -2.41. The van der Waals surface area contributed by atoms with Crippen molar-refractivity contribution in [1.29, 1.82) is 0 Å². The van der Waals surface area contributed by atoms with Crippen LogP contribution in [0.15, 0.2) is 0 Å². The molecule has 2 rings (SSSR count). The quantitative estimate of drug-likeness (QED) is 0.583. The van der Waals surface area contributed by atoms with Gasteiger partial charge in [-0.1, -0.05) is 12.8 Å². The smallest absolute Gasteiger partial charge is 0.237 e. The third-order valence-corrected chi connectivity index (χ3v) is 3.48. The van der Waals surface area contributed by atoms with E-state index in [0.717, 1.165) is 12.8 Å². The highest BCUT2D eigenvalue weighted by atomic mass is 16.5. The molecular weight excluding hydrogens is 220 g/mol. The fourth-order valence-corrected chi connectivity index (χ4v) is 2.49. The Balaban J connectivity index is 1.53. The van der Waals surface area contributed by atoms with Crippen molar-refractivity contribution in [3.8, 4) is 0 Å². The largest absolute Gasteiger partial charge is 0.392 e. The monoisotopic (exact) mass is 242 g/mol. The second kappa shape index (κ2) is 6.33. The fraction of sp³-hybridized carbons (Fsp3) is 0.917. The standard InChI is InChI=1S/C12H22N2O3/c15-9-7-11(14-8-9)12(16)13-5-6-17-10-3-1-2-4-10/h9-11,14-15H,1-8H2,(H,13,16)/t9-,11-/m1/s1. The molecule has 2 fully saturated rings. The van der Waals surface area contributed by atoms with E-state index < -0.39 is 0 Å². The minimum Gasteiger partial charge on any atom is -0.392 e. The van der Waals surface area contributed by atoms with Crippen LogP contribution in [0.3, 0.4) is 0 Å². The molecule has 2 atom stereocenters. The predicted octanol–water partition coefficient (Wildman–Crippen LogP) is -0.215. The Morgan fingerprint density at radius 2 is 2.18 bits per heavy atom. The van der Waals surface area contributed by atoms with Crippen LogP contribution >= 0.6 is 0 Å². The van der Waals surface area contributed by atoms with Gasteiger partial charge in [0.2, 0.25) is 5.91 Å².